The van der Waals surface area contributed by atoms with E-state index in [0.717, 1.165) is 8.95 Å². The Labute approximate surface area is 118 Å². The Morgan fingerprint density at radius 1 is 1.47 bits per heavy atom. The highest BCUT2D eigenvalue weighted by Gasteiger charge is 2.24. The molecule has 0 aliphatic heterocycles. The minimum Gasteiger partial charge on any atom is -0.394 e. The van der Waals surface area contributed by atoms with Crippen LogP contribution in [0, 0.1) is 0 Å². The Morgan fingerprint density at radius 3 is 2.59 bits per heavy atom. The molecule has 0 heterocycles. The lowest BCUT2D eigenvalue weighted by atomic mass is 9.99. The predicted molar refractivity (Wildman–Crippen MR) is 75.1 cm³/mol. The Balaban J connectivity index is 2.90. The maximum absolute atomic E-state index is 12.0. The summed E-state index contributed by atoms with van der Waals surface area (Å²) < 4.78 is 1.63. The minimum absolute atomic E-state index is 0.0800. The first-order valence-corrected chi connectivity index (χ1v) is 6.89. The quantitative estimate of drug-likeness (QED) is 0.862. The van der Waals surface area contributed by atoms with E-state index < -0.39 is 5.54 Å². The second-order valence-corrected chi connectivity index (χ2v) is 5.92. The van der Waals surface area contributed by atoms with Gasteiger partial charge in [-0.25, -0.2) is 0 Å². The Bertz CT molecular complexity index is 417. The summed E-state index contributed by atoms with van der Waals surface area (Å²) in [5, 5.41) is 12.1. The van der Waals surface area contributed by atoms with Crippen LogP contribution in [-0.4, -0.2) is 23.2 Å². The number of halogens is 2. The number of benzene rings is 1. The number of aliphatic hydroxyl groups excluding tert-OH is 1. The first-order chi connectivity index (χ1) is 7.91. The molecule has 1 rings (SSSR count). The van der Waals surface area contributed by atoms with Crippen molar-refractivity contribution < 1.29 is 9.90 Å². The van der Waals surface area contributed by atoms with Gasteiger partial charge in [0.05, 0.1) is 17.7 Å². The van der Waals surface area contributed by atoms with Crippen LogP contribution >= 0.6 is 31.9 Å². The lowest BCUT2D eigenvalue weighted by molar-refractivity contribution is 0.0846. The standard InChI is InChI=1S/C12H15Br2NO2/c1-3-12(2,7-16)15-11(17)9-5-4-8(13)6-10(9)14/h4-6,16H,3,7H2,1-2H3,(H,15,17). The zero-order valence-electron chi connectivity index (χ0n) is 9.76. The second kappa shape index (κ2) is 5.98. The molecule has 1 aromatic carbocycles. The number of nitrogens with one attached hydrogen (secondary N) is 1. The van der Waals surface area contributed by atoms with Crippen molar-refractivity contribution in [2.75, 3.05) is 6.61 Å². The lowest BCUT2D eigenvalue weighted by Crippen LogP contribution is -2.48. The summed E-state index contributed by atoms with van der Waals surface area (Å²) in [4.78, 5) is 12.0. The number of carbonyl (C=O) groups is 1. The SMILES string of the molecule is CCC(C)(CO)NC(=O)c1ccc(Br)cc1Br. The van der Waals surface area contributed by atoms with E-state index in [-0.39, 0.29) is 12.5 Å². The summed E-state index contributed by atoms with van der Waals surface area (Å²) >= 11 is 6.68. The summed E-state index contributed by atoms with van der Waals surface area (Å²) in [5.41, 5.74) is -0.0230. The molecular weight excluding hydrogens is 350 g/mol. The average Bonchev–Trinajstić information content (AvgIpc) is 2.28. The average molecular weight is 365 g/mol. The van der Waals surface area contributed by atoms with E-state index >= 15 is 0 Å². The van der Waals surface area contributed by atoms with Gasteiger partial charge in [0.15, 0.2) is 0 Å². The zero-order valence-corrected chi connectivity index (χ0v) is 12.9. The summed E-state index contributed by atoms with van der Waals surface area (Å²) in [7, 11) is 0. The highest BCUT2D eigenvalue weighted by atomic mass is 79.9. The fourth-order valence-corrected chi connectivity index (χ4v) is 2.48. The highest BCUT2D eigenvalue weighted by molar-refractivity contribution is 9.11. The van der Waals surface area contributed by atoms with Crippen molar-refractivity contribution in [2.45, 2.75) is 25.8 Å². The van der Waals surface area contributed by atoms with Crippen LogP contribution in [0.15, 0.2) is 27.1 Å². The largest absolute Gasteiger partial charge is 0.394 e. The third-order valence-corrected chi connectivity index (χ3v) is 3.87. The topological polar surface area (TPSA) is 49.3 Å². The van der Waals surface area contributed by atoms with Crippen LogP contribution in [0.25, 0.3) is 0 Å². The van der Waals surface area contributed by atoms with Gasteiger partial charge in [-0.1, -0.05) is 22.9 Å². The molecule has 2 N–H and O–H groups in total. The van der Waals surface area contributed by atoms with Gasteiger partial charge in [-0.05, 0) is 47.5 Å². The van der Waals surface area contributed by atoms with Gasteiger partial charge in [-0.3, -0.25) is 4.79 Å². The van der Waals surface area contributed by atoms with Crippen LogP contribution in [0.3, 0.4) is 0 Å². The van der Waals surface area contributed by atoms with Crippen LogP contribution in [-0.2, 0) is 0 Å². The van der Waals surface area contributed by atoms with Gasteiger partial charge in [0, 0.05) is 8.95 Å². The van der Waals surface area contributed by atoms with Gasteiger partial charge < -0.3 is 10.4 Å². The predicted octanol–water partition coefficient (Wildman–Crippen LogP) is 3.10. The zero-order chi connectivity index (χ0) is 13.1. The smallest absolute Gasteiger partial charge is 0.252 e. The highest BCUT2D eigenvalue weighted by Crippen LogP contribution is 2.22. The summed E-state index contributed by atoms with van der Waals surface area (Å²) in [5.74, 6) is -0.192. The lowest BCUT2D eigenvalue weighted by Gasteiger charge is -2.27. The second-order valence-electron chi connectivity index (χ2n) is 4.15. The molecule has 0 aliphatic rings. The summed E-state index contributed by atoms with van der Waals surface area (Å²) in [6, 6.07) is 5.36. The van der Waals surface area contributed by atoms with Crippen LogP contribution < -0.4 is 5.32 Å². The normalized spacial score (nSPS) is 14.2. The van der Waals surface area contributed by atoms with E-state index in [2.05, 4.69) is 37.2 Å². The third-order valence-electron chi connectivity index (χ3n) is 2.72. The van der Waals surface area contributed by atoms with E-state index in [0.29, 0.717) is 12.0 Å². The molecule has 0 radical (unpaired) electrons. The molecule has 0 aromatic heterocycles. The summed E-state index contributed by atoms with van der Waals surface area (Å²) in [6.07, 6.45) is 0.670. The van der Waals surface area contributed by atoms with E-state index in [1.165, 1.54) is 0 Å². The fraction of sp³-hybridized carbons (Fsp3) is 0.417. The first kappa shape index (κ1) is 14.7. The van der Waals surface area contributed by atoms with Gasteiger partial charge in [0.2, 0.25) is 0 Å². The van der Waals surface area contributed by atoms with E-state index in [1.807, 2.05) is 26.0 Å². The maximum Gasteiger partial charge on any atom is 0.252 e. The molecule has 0 aliphatic carbocycles. The van der Waals surface area contributed by atoms with Crippen molar-refractivity contribution >= 4 is 37.8 Å². The number of amides is 1. The van der Waals surface area contributed by atoms with Gasteiger partial charge >= 0.3 is 0 Å². The number of rotatable bonds is 4. The molecule has 17 heavy (non-hydrogen) atoms. The number of hydrogen-bond donors (Lipinski definition) is 2. The van der Waals surface area contributed by atoms with Crippen LogP contribution in [0.5, 0.6) is 0 Å². The van der Waals surface area contributed by atoms with Gasteiger partial charge in [0.25, 0.3) is 5.91 Å². The van der Waals surface area contributed by atoms with Crippen LogP contribution in [0.1, 0.15) is 30.6 Å². The van der Waals surface area contributed by atoms with Crippen molar-refractivity contribution in [3.05, 3.63) is 32.7 Å². The Morgan fingerprint density at radius 2 is 2.12 bits per heavy atom. The molecule has 0 saturated heterocycles. The van der Waals surface area contributed by atoms with Gasteiger partial charge in [-0.15, -0.1) is 0 Å². The van der Waals surface area contributed by atoms with Crippen LogP contribution in [0.2, 0.25) is 0 Å². The molecule has 0 spiro atoms. The molecule has 1 atom stereocenters. The van der Waals surface area contributed by atoms with Crippen molar-refractivity contribution in [3.63, 3.8) is 0 Å². The molecule has 0 saturated carbocycles. The molecule has 94 valence electrons. The number of aliphatic hydroxyl groups is 1. The third kappa shape index (κ3) is 3.79. The molecule has 1 unspecified atom stereocenters. The van der Waals surface area contributed by atoms with Gasteiger partial charge in [-0.2, -0.15) is 0 Å². The molecule has 5 heteroatoms. The van der Waals surface area contributed by atoms with Crippen LogP contribution in [0.4, 0.5) is 0 Å². The monoisotopic (exact) mass is 363 g/mol. The molecule has 0 fully saturated rings. The molecular formula is C12H15Br2NO2. The van der Waals surface area contributed by atoms with E-state index in [4.69, 9.17) is 0 Å². The Hall–Kier alpha value is -0.390. The van der Waals surface area contributed by atoms with Gasteiger partial charge in [0.1, 0.15) is 0 Å². The molecule has 1 amide bonds. The van der Waals surface area contributed by atoms with Crippen molar-refractivity contribution in [1.82, 2.24) is 5.32 Å². The minimum atomic E-state index is -0.580. The van der Waals surface area contributed by atoms with Crippen molar-refractivity contribution in [1.29, 1.82) is 0 Å². The van der Waals surface area contributed by atoms with E-state index in [1.54, 1.807) is 6.07 Å². The molecule has 0 bridgehead atoms. The van der Waals surface area contributed by atoms with Crippen molar-refractivity contribution in [3.8, 4) is 0 Å². The van der Waals surface area contributed by atoms with Crippen molar-refractivity contribution in [2.24, 2.45) is 0 Å². The number of hydrogen-bond acceptors (Lipinski definition) is 2. The first-order valence-electron chi connectivity index (χ1n) is 5.30. The Kier molecular flexibility index (Phi) is 5.16. The summed E-state index contributed by atoms with van der Waals surface area (Å²) in [6.45, 7) is 3.66. The number of carbonyl (C=O) groups excluding carboxylic acids is 1. The fourth-order valence-electron chi connectivity index (χ4n) is 1.25. The maximum atomic E-state index is 12.0. The molecule has 1 aromatic rings. The molecule has 3 nitrogen and oxygen atoms in total. The van der Waals surface area contributed by atoms with E-state index in [9.17, 15) is 9.90 Å².